The highest BCUT2D eigenvalue weighted by atomic mass is 16.6. The molecule has 5 heteroatoms. The van der Waals surface area contributed by atoms with Gasteiger partial charge in [-0.3, -0.25) is 4.79 Å². The van der Waals surface area contributed by atoms with Crippen LogP contribution in [0.3, 0.4) is 0 Å². The molecule has 1 atom stereocenters. The van der Waals surface area contributed by atoms with Gasteiger partial charge in [-0.2, -0.15) is 0 Å². The monoisotopic (exact) mass is 256 g/mol. The van der Waals surface area contributed by atoms with E-state index in [2.05, 4.69) is 5.32 Å². The maximum atomic E-state index is 11.9. The molecule has 5 nitrogen and oxygen atoms in total. The number of ether oxygens (including phenoxy) is 1. The van der Waals surface area contributed by atoms with Crippen molar-refractivity contribution in [3.8, 4) is 0 Å². The lowest BCUT2D eigenvalue weighted by Gasteiger charge is -2.33. The van der Waals surface area contributed by atoms with Crippen LogP contribution >= 0.6 is 0 Å². The van der Waals surface area contributed by atoms with E-state index in [4.69, 9.17) is 4.74 Å². The molecule has 18 heavy (non-hydrogen) atoms. The van der Waals surface area contributed by atoms with E-state index in [0.29, 0.717) is 19.6 Å². The van der Waals surface area contributed by atoms with Crippen molar-refractivity contribution in [3.05, 3.63) is 0 Å². The van der Waals surface area contributed by atoms with Crippen LogP contribution in [0.1, 0.15) is 40.5 Å². The number of hydrogen-bond acceptors (Lipinski definition) is 3. The average molecular weight is 256 g/mol. The fourth-order valence-corrected chi connectivity index (χ4v) is 2.00. The normalized spacial score (nSPS) is 20.4. The summed E-state index contributed by atoms with van der Waals surface area (Å²) in [6, 6.07) is 0. The summed E-state index contributed by atoms with van der Waals surface area (Å²) in [6.07, 6.45) is 1.36. The number of rotatable bonds is 2. The fourth-order valence-electron chi connectivity index (χ4n) is 2.00. The molecule has 1 aliphatic rings. The number of carbonyl (C=O) groups is 2. The van der Waals surface area contributed by atoms with Gasteiger partial charge in [0.05, 0.1) is 5.92 Å². The van der Waals surface area contributed by atoms with Gasteiger partial charge in [0, 0.05) is 19.6 Å². The summed E-state index contributed by atoms with van der Waals surface area (Å²) in [5.41, 5.74) is -0.490. The van der Waals surface area contributed by atoms with Gasteiger partial charge in [0.15, 0.2) is 0 Å². The number of hydrogen-bond donors (Lipinski definition) is 1. The summed E-state index contributed by atoms with van der Waals surface area (Å²) in [6.45, 7) is 9.18. The molecule has 0 aromatic carbocycles. The molecule has 0 saturated carbocycles. The van der Waals surface area contributed by atoms with Crippen molar-refractivity contribution in [1.29, 1.82) is 0 Å². The lowest BCUT2D eigenvalue weighted by atomic mass is 9.97. The second-order valence-corrected chi connectivity index (χ2v) is 5.66. The third kappa shape index (κ3) is 4.55. The van der Waals surface area contributed by atoms with E-state index >= 15 is 0 Å². The first kappa shape index (κ1) is 14.8. The van der Waals surface area contributed by atoms with Crippen molar-refractivity contribution in [2.24, 2.45) is 5.92 Å². The topological polar surface area (TPSA) is 58.6 Å². The van der Waals surface area contributed by atoms with Crippen molar-refractivity contribution >= 4 is 12.0 Å². The lowest BCUT2D eigenvalue weighted by Crippen LogP contribution is -2.47. The van der Waals surface area contributed by atoms with Gasteiger partial charge < -0.3 is 15.0 Å². The van der Waals surface area contributed by atoms with E-state index in [0.717, 1.165) is 12.8 Å². The molecule has 0 aromatic heterocycles. The zero-order valence-electron chi connectivity index (χ0n) is 11.8. The second kappa shape index (κ2) is 6.07. The van der Waals surface area contributed by atoms with Crippen LogP contribution in [0.25, 0.3) is 0 Å². The van der Waals surface area contributed by atoms with Crippen molar-refractivity contribution < 1.29 is 14.3 Å². The molecule has 0 bridgehead atoms. The van der Waals surface area contributed by atoms with Gasteiger partial charge >= 0.3 is 6.09 Å². The first-order valence-electron chi connectivity index (χ1n) is 6.59. The van der Waals surface area contributed by atoms with Gasteiger partial charge in [0.25, 0.3) is 0 Å². The summed E-state index contributed by atoms with van der Waals surface area (Å²) in [5, 5.41) is 2.81. The molecular weight excluding hydrogens is 232 g/mol. The summed E-state index contributed by atoms with van der Waals surface area (Å²) < 4.78 is 5.32. The van der Waals surface area contributed by atoms with E-state index in [1.165, 1.54) is 0 Å². The predicted octanol–water partition coefficient (Wildman–Crippen LogP) is 1.77. The van der Waals surface area contributed by atoms with Crippen LogP contribution in [0.15, 0.2) is 0 Å². The third-order valence-electron chi connectivity index (χ3n) is 2.79. The molecule has 0 unspecified atom stereocenters. The summed E-state index contributed by atoms with van der Waals surface area (Å²) in [7, 11) is 0. The Kier molecular flexibility index (Phi) is 4.99. The Morgan fingerprint density at radius 2 is 2.06 bits per heavy atom. The third-order valence-corrected chi connectivity index (χ3v) is 2.79. The number of nitrogens with one attached hydrogen (secondary N) is 1. The summed E-state index contributed by atoms with van der Waals surface area (Å²) in [5.74, 6) is -0.0722. The van der Waals surface area contributed by atoms with Gasteiger partial charge in [0.2, 0.25) is 5.91 Å². The number of amides is 2. The molecule has 0 radical (unpaired) electrons. The second-order valence-electron chi connectivity index (χ2n) is 5.66. The molecule has 0 spiro atoms. The van der Waals surface area contributed by atoms with E-state index < -0.39 is 5.60 Å². The number of carbonyl (C=O) groups excluding carboxylic acids is 2. The largest absolute Gasteiger partial charge is 0.444 e. The van der Waals surface area contributed by atoms with Crippen molar-refractivity contribution in [1.82, 2.24) is 10.2 Å². The van der Waals surface area contributed by atoms with Crippen LogP contribution in [-0.2, 0) is 9.53 Å². The Labute approximate surface area is 109 Å². The van der Waals surface area contributed by atoms with Crippen LogP contribution in [0.2, 0.25) is 0 Å². The minimum Gasteiger partial charge on any atom is -0.444 e. The zero-order chi connectivity index (χ0) is 13.8. The van der Waals surface area contributed by atoms with Crippen molar-refractivity contribution in [2.45, 2.75) is 46.1 Å². The van der Waals surface area contributed by atoms with Gasteiger partial charge in [-0.25, -0.2) is 4.79 Å². The Morgan fingerprint density at radius 1 is 1.39 bits per heavy atom. The van der Waals surface area contributed by atoms with Gasteiger partial charge in [-0.1, -0.05) is 0 Å². The smallest absolute Gasteiger partial charge is 0.410 e. The van der Waals surface area contributed by atoms with Crippen molar-refractivity contribution in [2.75, 3.05) is 19.6 Å². The standard InChI is InChI=1S/C13H24N2O3/c1-5-14-11(16)10-7-6-8-15(9-10)12(17)18-13(2,3)4/h10H,5-9H2,1-4H3,(H,14,16)/t10-/m1/s1. The number of nitrogens with zero attached hydrogens (tertiary/aromatic N) is 1. The SMILES string of the molecule is CCNC(=O)[C@@H]1CCCN(C(=O)OC(C)(C)C)C1. The highest BCUT2D eigenvalue weighted by Crippen LogP contribution is 2.19. The first-order valence-corrected chi connectivity index (χ1v) is 6.59. The minimum atomic E-state index is -0.490. The molecule has 1 rings (SSSR count). The highest BCUT2D eigenvalue weighted by molar-refractivity contribution is 5.79. The van der Waals surface area contributed by atoms with E-state index in [-0.39, 0.29) is 17.9 Å². The predicted molar refractivity (Wildman–Crippen MR) is 69.2 cm³/mol. The van der Waals surface area contributed by atoms with Gasteiger partial charge in [-0.15, -0.1) is 0 Å². The Hall–Kier alpha value is -1.26. The Bertz CT molecular complexity index is 310. The maximum absolute atomic E-state index is 11.9. The van der Waals surface area contributed by atoms with Crippen LogP contribution in [-0.4, -0.2) is 42.1 Å². The number of likely N-dealkylation sites (tertiary alicyclic amines) is 1. The molecule has 0 aromatic rings. The molecule has 1 N–H and O–H groups in total. The molecule has 1 fully saturated rings. The fraction of sp³-hybridized carbons (Fsp3) is 0.846. The minimum absolute atomic E-state index is 0.0331. The molecule has 1 saturated heterocycles. The van der Waals surface area contributed by atoms with E-state index in [1.807, 2.05) is 27.7 Å². The zero-order valence-corrected chi connectivity index (χ0v) is 11.8. The highest BCUT2D eigenvalue weighted by Gasteiger charge is 2.30. The maximum Gasteiger partial charge on any atom is 0.410 e. The molecule has 1 aliphatic heterocycles. The lowest BCUT2D eigenvalue weighted by molar-refractivity contribution is -0.126. The Morgan fingerprint density at radius 3 is 2.61 bits per heavy atom. The van der Waals surface area contributed by atoms with Crippen LogP contribution in [0.5, 0.6) is 0 Å². The van der Waals surface area contributed by atoms with Crippen LogP contribution < -0.4 is 5.32 Å². The number of piperidine rings is 1. The van der Waals surface area contributed by atoms with E-state index in [9.17, 15) is 9.59 Å². The molecule has 104 valence electrons. The summed E-state index contributed by atoms with van der Waals surface area (Å²) in [4.78, 5) is 25.3. The molecule has 0 aliphatic carbocycles. The molecule has 1 heterocycles. The van der Waals surface area contributed by atoms with E-state index in [1.54, 1.807) is 4.90 Å². The van der Waals surface area contributed by atoms with Crippen LogP contribution in [0.4, 0.5) is 4.79 Å². The molecular formula is C13H24N2O3. The first-order chi connectivity index (χ1) is 8.33. The quantitative estimate of drug-likeness (QED) is 0.819. The average Bonchev–Trinajstić information content (AvgIpc) is 2.27. The summed E-state index contributed by atoms with van der Waals surface area (Å²) >= 11 is 0. The van der Waals surface area contributed by atoms with Crippen LogP contribution in [0, 0.1) is 5.92 Å². The molecule has 2 amide bonds. The Balaban J connectivity index is 2.53. The van der Waals surface area contributed by atoms with Gasteiger partial charge in [-0.05, 0) is 40.5 Å². The van der Waals surface area contributed by atoms with Gasteiger partial charge in [0.1, 0.15) is 5.60 Å². The van der Waals surface area contributed by atoms with Crippen molar-refractivity contribution in [3.63, 3.8) is 0 Å².